The number of fused-ring (bicyclic) bond motifs is 1. The molecule has 0 radical (unpaired) electrons. The molecule has 0 saturated heterocycles. The van der Waals surface area contributed by atoms with E-state index in [1.165, 1.54) is 7.11 Å². The zero-order valence-electron chi connectivity index (χ0n) is 10.9. The van der Waals surface area contributed by atoms with Crippen LogP contribution in [0.25, 0.3) is 10.8 Å². The molecule has 5 heteroatoms. The second-order valence-electron chi connectivity index (χ2n) is 4.48. The Morgan fingerprint density at radius 1 is 1.25 bits per heavy atom. The SMILES string of the molecule is COC(=O)CC(O)C(O)c1cccc2cccc(Cl)c12. The summed E-state index contributed by atoms with van der Waals surface area (Å²) in [6.07, 6.45) is -2.74. The third kappa shape index (κ3) is 2.93. The van der Waals surface area contributed by atoms with Gasteiger partial charge in [0.25, 0.3) is 0 Å². The van der Waals surface area contributed by atoms with E-state index in [9.17, 15) is 15.0 Å². The summed E-state index contributed by atoms with van der Waals surface area (Å²) in [5, 5.41) is 22.2. The molecule has 2 N–H and O–H groups in total. The van der Waals surface area contributed by atoms with Crippen LogP contribution >= 0.6 is 11.6 Å². The van der Waals surface area contributed by atoms with E-state index in [0.29, 0.717) is 16.0 Å². The van der Waals surface area contributed by atoms with Crippen molar-refractivity contribution in [1.29, 1.82) is 0 Å². The van der Waals surface area contributed by atoms with E-state index in [4.69, 9.17) is 11.6 Å². The van der Waals surface area contributed by atoms with Gasteiger partial charge in [-0.05, 0) is 17.0 Å². The van der Waals surface area contributed by atoms with E-state index < -0.39 is 18.2 Å². The van der Waals surface area contributed by atoms with Gasteiger partial charge in [-0.3, -0.25) is 4.79 Å². The molecule has 0 heterocycles. The number of halogens is 1. The normalized spacial score (nSPS) is 14.0. The molecule has 0 fully saturated rings. The van der Waals surface area contributed by atoms with Crippen LogP contribution in [-0.2, 0) is 9.53 Å². The highest BCUT2D eigenvalue weighted by Gasteiger charge is 2.24. The number of methoxy groups -OCH3 is 1. The first kappa shape index (κ1) is 14.8. The van der Waals surface area contributed by atoms with E-state index >= 15 is 0 Å². The largest absolute Gasteiger partial charge is 0.469 e. The predicted octanol–water partition coefficient (Wildman–Crippen LogP) is 2.45. The number of hydrogen-bond donors (Lipinski definition) is 2. The van der Waals surface area contributed by atoms with Gasteiger partial charge in [-0.1, -0.05) is 41.9 Å². The quantitative estimate of drug-likeness (QED) is 0.850. The molecule has 2 rings (SSSR count). The monoisotopic (exact) mass is 294 g/mol. The molecule has 2 atom stereocenters. The van der Waals surface area contributed by atoms with Crippen LogP contribution in [0.15, 0.2) is 36.4 Å². The van der Waals surface area contributed by atoms with Gasteiger partial charge in [-0.2, -0.15) is 0 Å². The summed E-state index contributed by atoms with van der Waals surface area (Å²) in [4.78, 5) is 11.2. The number of benzene rings is 2. The van der Waals surface area contributed by atoms with Crippen molar-refractivity contribution in [3.8, 4) is 0 Å². The first-order chi connectivity index (χ1) is 9.54. The van der Waals surface area contributed by atoms with Gasteiger partial charge in [0.1, 0.15) is 6.10 Å². The summed E-state index contributed by atoms with van der Waals surface area (Å²) in [5.74, 6) is -0.581. The Labute approximate surface area is 121 Å². The van der Waals surface area contributed by atoms with Crippen LogP contribution in [0.5, 0.6) is 0 Å². The first-order valence-corrected chi connectivity index (χ1v) is 6.52. The molecule has 0 spiro atoms. The van der Waals surface area contributed by atoms with Gasteiger partial charge in [-0.15, -0.1) is 0 Å². The van der Waals surface area contributed by atoms with Crippen molar-refractivity contribution in [3.63, 3.8) is 0 Å². The second kappa shape index (κ2) is 6.22. The molecule has 0 aliphatic heterocycles. The number of aliphatic hydroxyl groups is 2. The lowest BCUT2D eigenvalue weighted by molar-refractivity contribution is -0.144. The van der Waals surface area contributed by atoms with Crippen LogP contribution in [0.2, 0.25) is 5.02 Å². The Bertz CT molecular complexity index is 621. The smallest absolute Gasteiger partial charge is 0.308 e. The number of ether oxygens (including phenoxy) is 1. The molecule has 2 unspecified atom stereocenters. The molecule has 0 aliphatic carbocycles. The van der Waals surface area contributed by atoms with Gasteiger partial charge in [-0.25, -0.2) is 0 Å². The average Bonchev–Trinajstić information content (AvgIpc) is 2.46. The number of rotatable bonds is 4. The van der Waals surface area contributed by atoms with Crippen LogP contribution in [0.3, 0.4) is 0 Å². The summed E-state index contributed by atoms with van der Waals surface area (Å²) >= 11 is 6.16. The number of carbonyl (C=O) groups excluding carboxylic acids is 1. The van der Waals surface area contributed by atoms with Crippen molar-refractivity contribution >= 4 is 28.3 Å². The first-order valence-electron chi connectivity index (χ1n) is 6.14. The van der Waals surface area contributed by atoms with Crippen molar-refractivity contribution in [2.24, 2.45) is 0 Å². The lowest BCUT2D eigenvalue weighted by Crippen LogP contribution is -2.22. The molecule has 0 aliphatic rings. The zero-order chi connectivity index (χ0) is 14.7. The highest BCUT2D eigenvalue weighted by atomic mass is 35.5. The fourth-order valence-corrected chi connectivity index (χ4v) is 2.43. The van der Waals surface area contributed by atoms with Crippen LogP contribution < -0.4 is 0 Å². The summed E-state index contributed by atoms with van der Waals surface area (Å²) in [5.41, 5.74) is 0.490. The Balaban J connectivity index is 2.39. The Kier molecular flexibility index (Phi) is 4.60. The maximum Gasteiger partial charge on any atom is 0.308 e. The minimum absolute atomic E-state index is 0.279. The lowest BCUT2D eigenvalue weighted by Gasteiger charge is -2.19. The van der Waals surface area contributed by atoms with Gasteiger partial charge in [0.15, 0.2) is 0 Å². The predicted molar refractivity (Wildman–Crippen MR) is 76.6 cm³/mol. The van der Waals surface area contributed by atoms with E-state index in [2.05, 4.69) is 4.74 Å². The topological polar surface area (TPSA) is 66.8 Å². The van der Waals surface area contributed by atoms with Gasteiger partial charge in [0.2, 0.25) is 0 Å². The second-order valence-corrected chi connectivity index (χ2v) is 4.88. The molecular weight excluding hydrogens is 280 g/mol. The van der Waals surface area contributed by atoms with Crippen molar-refractivity contribution in [2.75, 3.05) is 7.11 Å². The summed E-state index contributed by atoms with van der Waals surface area (Å²) in [7, 11) is 1.23. The Morgan fingerprint density at radius 3 is 2.55 bits per heavy atom. The molecule has 2 aromatic rings. The maximum absolute atomic E-state index is 11.2. The molecule has 0 aromatic heterocycles. The Hall–Kier alpha value is -1.62. The van der Waals surface area contributed by atoms with E-state index in [1.807, 2.05) is 18.2 Å². The minimum atomic E-state index is -1.25. The number of carbonyl (C=O) groups is 1. The van der Waals surface area contributed by atoms with Gasteiger partial charge in [0, 0.05) is 10.4 Å². The van der Waals surface area contributed by atoms with E-state index in [1.54, 1.807) is 18.2 Å². The fraction of sp³-hybridized carbons (Fsp3) is 0.267. The van der Waals surface area contributed by atoms with Crippen molar-refractivity contribution in [2.45, 2.75) is 18.6 Å². The van der Waals surface area contributed by atoms with Crippen LogP contribution in [-0.4, -0.2) is 29.4 Å². The van der Waals surface area contributed by atoms with E-state index in [0.717, 1.165) is 5.39 Å². The number of aliphatic hydroxyl groups excluding tert-OH is 2. The van der Waals surface area contributed by atoms with Crippen molar-refractivity contribution < 1.29 is 19.7 Å². The highest BCUT2D eigenvalue weighted by Crippen LogP contribution is 2.32. The van der Waals surface area contributed by atoms with Gasteiger partial charge < -0.3 is 14.9 Å². The van der Waals surface area contributed by atoms with Crippen LogP contribution in [0.4, 0.5) is 0 Å². The van der Waals surface area contributed by atoms with Gasteiger partial charge >= 0.3 is 5.97 Å². The summed E-state index contributed by atoms with van der Waals surface area (Å²) in [6, 6.07) is 10.7. The van der Waals surface area contributed by atoms with Crippen LogP contribution in [0.1, 0.15) is 18.1 Å². The molecular formula is C15H15ClO4. The summed E-state index contributed by atoms with van der Waals surface area (Å²) < 4.78 is 4.48. The molecule has 106 valence electrons. The molecule has 0 bridgehead atoms. The molecule has 2 aromatic carbocycles. The fourth-order valence-electron chi connectivity index (χ4n) is 2.14. The third-order valence-electron chi connectivity index (χ3n) is 3.17. The van der Waals surface area contributed by atoms with Crippen molar-refractivity contribution in [1.82, 2.24) is 0 Å². The summed E-state index contributed by atoms with van der Waals surface area (Å²) in [6.45, 7) is 0. The Morgan fingerprint density at radius 2 is 1.90 bits per heavy atom. The van der Waals surface area contributed by atoms with Gasteiger partial charge in [0.05, 0.1) is 19.6 Å². The van der Waals surface area contributed by atoms with Crippen molar-refractivity contribution in [3.05, 3.63) is 47.0 Å². The third-order valence-corrected chi connectivity index (χ3v) is 3.49. The standard InChI is InChI=1S/C15H15ClO4/c1-20-13(18)8-12(17)15(19)10-6-2-4-9-5-3-7-11(16)14(9)10/h2-7,12,15,17,19H,8H2,1H3. The lowest BCUT2D eigenvalue weighted by atomic mass is 9.96. The minimum Gasteiger partial charge on any atom is -0.469 e. The van der Waals surface area contributed by atoms with E-state index in [-0.39, 0.29) is 6.42 Å². The molecule has 4 nitrogen and oxygen atoms in total. The maximum atomic E-state index is 11.2. The number of esters is 1. The average molecular weight is 295 g/mol. The number of hydrogen-bond acceptors (Lipinski definition) is 4. The molecule has 0 amide bonds. The highest BCUT2D eigenvalue weighted by molar-refractivity contribution is 6.35. The molecule has 0 saturated carbocycles. The molecule has 20 heavy (non-hydrogen) atoms. The van der Waals surface area contributed by atoms with Crippen LogP contribution in [0, 0.1) is 0 Å². The zero-order valence-corrected chi connectivity index (χ0v) is 11.7.